The Hall–Kier alpha value is -2.11. The average molecular weight is 314 g/mol. The summed E-state index contributed by atoms with van der Waals surface area (Å²) >= 11 is 0. The Morgan fingerprint density at radius 3 is 2.65 bits per heavy atom. The van der Waals surface area contributed by atoms with E-state index in [0.29, 0.717) is 18.8 Å². The number of aliphatic hydroxyl groups is 1. The van der Waals surface area contributed by atoms with Crippen LogP contribution in [0.4, 0.5) is 0 Å². The zero-order valence-corrected chi connectivity index (χ0v) is 13.7. The van der Waals surface area contributed by atoms with Gasteiger partial charge in [-0.3, -0.25) is 9.88 Å². The molecule has 0 fully saturated rings. The Labute approximate surface area is 136 Å². The second kappa shape index (κ2) is 6.56. The van der Waals surface area contributed by atoms with Crippen molar-refractivity contribution in [3.63, 3.8) is 0 Å². The average Bonchev–Trinajstić information content (AvgIpc) is 2.53. The van der Waals surface area contributed by atoms with Crippen molar-refractivity contribution in [2.45, 2.75) is 26.1 Å². The van der Waals surface area contributed by atoms with Crippen LogP contribution in [0.2, 0.25) is 0 Å². The molecular weight excluding hydrogens is 292 g/mol. The van der Waals surface area contributed by atoms with E-state index < -0.39 is 6.10 Å². The molecule has 1 aliphatic rings. The number of fused-ring (bicyclic) bond motifs is 1. The molecule has 2 heterocycles. The van der Waals surface area contributed by atoms with E-state index >= 15 is 0 Å². The van der Waals surface area contributed by atoms with Crippen molar-refractivity contribution < 1.29 is 14.6 Å². The number of rotatable bonds is 4. The van der Waals surface area contributed by atoms with E-state index in [0.717, 1.165) is 34.5 Å². The molecule has 5 nitrogen and oxygen atoms in total. The topological polar surface area (TPSA) is 54.8 Å². The monoisotopic (exact) mass is 314 g/mol. The van der Waals surface area contributed by atoms with Crippen LogP contribution in [0.25, 0.3) is 0 Å². The second-order valence-electron chi connectivity index (χ2n) is 5.92. The maximum Gasteiger partial charge on any atom is 0.125 e. The minimum atomic E-state index is -0.596. The molecule has 2 aromatic rings. The molecule has 0 unspecified atom stereocenters. The SMILES string of the molecule is COc1ccc(OC)c2c1CN(Cc1cncc(C)c1)C[C@H]2O. The van der Waals surface area contributed by atoms with Gasteiger partial charge in [0, 0.05) is 43.2 Å². The second-order valence-corrected chi connectivity index (χ2v) is 5.92. The Balaban J connectivity index is 1.90. The molecule has 23 heavy (non-hydrogen) atoms. The molecule has 0 saturated heterocycles. The molecule has 3 rings (SSSR count). The van der Waals surface area contributed by atoms with Crippen molar-refractivity contribution in [1.82, 2.24) is 9.88 Å². The van der Waals surface area contributed by atoms with Gasteiger partial charge in [-0.05, 0) is 30.2 Å². The van der Waals surface area contributed by atoms with Gasteiger partial charge in [0.05, 0.1) is 20.3 Å². The molecule has 0 bridgehead atoms. The van der Waals surface area contributed by atoms with Crippen LogP contribution in [0.3, 0.4) is 0 Å². The molecule has 1 N–H and O–H groups in total. The fourth-order valence-corrected chi connectivity index (χ4v) is 3.23. The van der Waals surface area contributed by atoms with Gasteiger partial charge in [0.1, 0.15) is 11.5 Å². The molecule has 1 aliphatic heterocycles. The van der Waals surface area contributed by atoms with Gasteiger partial charge >= 0.3 is 0 Å². The van der Waals surface area contributed by atoms with E-state index in [4.69, 9.17) is 9.47 Å². The Morgan fingerprint density at radius 2 is 1.96 bits per heavy atom. The lowest BCUT2D eigenvalue weighted by atomic mass is 9.95. The minimum Gasteiger partial charge on any atom is -0.496 e. The van der Waals surface area contributed by atoms with E-state index in [2.05, 4.69) is 16.0 Å². The molecular formula is C18H22N2O3. The summed E-state index contributed by atoms with van der Waals surface area (Å²) in [5, 5.41) is 10.6. The van der Waals surface area contributed by atoms with Crippen LogP contribution in [0.1, 0.15) is 28.4 Å². The van der Waals surface area contributed by atoms with Gasteiger partial charge in [0.25, 0.3) is 0 Å². The molecule has 0 radical (unpaired) electrons. The largest absolute Gasteiger partial charge is 0.496 e. The summed E-state index contributed by atoms with van der Waals surface area (Å²) in [6.07, 6.45) is 3.12. The summed E-state index contributed by atoms with van der Waals surface area (Å²) in [4.78, 5) is 6.44. The lowest BCUT2D eigenvalue weighted by Crippen LogP contribution is -2.33. The van der Waals surface area contributed by atoms with Gasteiger partial charge in [-0.1, -0.05) is 6.07 Å². The van der Waals surface area contributed by atoms with Gasteiger partial charge in [0.2, 0.25) is 0 Å². The third kappa shape index (κ3) is 3.16. The predicted octanol–water partition coefficient (Wildman–Crippen LogP) is 2.46. The van der Waals surface area contributed by atoms with E-state index in [-0.39, 0.29) is 0 Å². The number of aryl methyl sites for hydroxylation is 1. The van der Waals surface area contributed by atoms with E-state index in [9.17, 15) is 5.11 Å². The van der Waals surface area contributed by atoms with Crippen LogP contribution >= 0.6 is 0 Å². The molecule has 0 saturated carbocycles. The quantitative estimate of drug-likeness (QED) is 0.939. The van der Waals surface area contributed by atoms with Gasteiger partial charge in [0.15, 0.2) is 0 Å². The van der Waals surface area contributed by atoms with Crippen molar-refractivity contribution in [3.8, 4) is 11.5 Å². The lowest BCUT2D eigenvalue weighted by Gasteiger charge is -2.34. The number of pyridine rings is 1. The highest BCUT2D eigenvalue weighted by Gasteiger charge is 2.29. The first-order chi connectivity index (χ1) is 11.1. The molecule has 1 aromatic heterocycles. The Morgan fingerprint density at radius 1 is 1.22 bits per heavy atom. The minimum absolute atomic E-state index is 0.560. The fraction of sp³-hybridized carbons (Fsp3) is 0.389. The first-order valence-corrected chi connectivity index (χ1v) is 7.67. The van der Waals surface area contributed by atoms with Crippen molar-refractivity contribution in [3.05, 3.63) is 52.8 Å². The smallest absolute Gasteiger partial charge is 0.125 e. The Bertz CT molecular complexity index is 703. The van der Waals surface area contributed by atoms with Crippen molar-refractivity contribution in [2.24, 2.45) is 0 Å². The fourth-order valence-electron chi connectivity index (χ4n) is 3.23. The highest BCUT2D eigenvalue weighted by molar-refractivity contribution is 5.51. The number of benzene rings is 1. The predicted molar refractivity (Wildman–Crippen MR) is 87.6 cm³/mol. The molecule has 0 spiro atoms. The zero-order valence-electron chi connectivity index (χ0n) is 13.7. The van der Waals surface area contributed by atoms with E-state index in [1.165, 1.54) is 0 Å². The number of ether oxygens (including phenoxy) is 2. The van der Waals surface area contributed by atoms with Crippen molar-refractivity contribution in [1.29, 1.82) is 0 Å². The molecule has 5 heteroatoms. The van der Waals surface area contributed by atoms with Crippen LogP contribution in [-0.4, -0.2) is 35.8 Å². The third-order valence-corrected chi connectivity index (χ3v) is 4.20. The van der Waals surface area contributed by atoms with Crippen molar-refractivity contribution >= 4 is 0 Å². The molecule has 1 aromatic carbocycles. The number of nitrogens with zero attached hydrogens (tertiary/aromatic N) is 2. The van der Waals surface area contributed by atoms with Crippen molar-refractivity contribution in [2.75, 3.05) is 20.8 Å². The molecule has 1 atom stereocenters. The van der Waals surface area contributed by atoms with Crippen LogP contribution in [0.5, 0.6) is 11.5 Å². The number of aliphatic hydroxyl groups excluding tert-OH is 1. The number of methoxy groups -OCH3 is 2. The van der Waals surface area contributed by atoms with Crippen LogP contribution in [0, 0.1) is 6.92 Å². The van der Waals surface area contributed by atoms with Gasteiger partial charge < -0.3 is 14.6 Å². The van der Waals surface area contributed by atoms with Gasteiger partial charge in [-0.15, -0.1) is 0 Å². The number of hydrogen-bond acceptors (Lipinski definition) is 5. The molecule has 0 aliphatic carbocycles. The summed E-state index contributed by atoms with van der Waals surface area (Å²) in [5.41, 5.74) is 4.11. The summed E-state index contributed by atoms with van der Waals surface area (Å²) in [7, 11) is 3.28. The maximum atomic E-state index is 10.6. The highest BCUT2D eigenvalue weighted by atomic mass is 16.5. The van der Waals surface area contributed by atoms with Crippen LogP contribution in [0.15, 0.2) is 30.6 Å². The standard InChI is InChI=1S/C18H22N2O3/c1-12-6-13(8-19-7-12)9-20-10-14-16(22-2)4-5-17(23-3)18(14)15(21)11-20/h4-8,15,21H,9-11H2,1-3H3/t15-/m1/s1. The maximum absolute atomic E-state index is 10.6. The van der Waals surface area contributed by atoms with Gasteiger partial charge in [-0.2, -0.15) is 0 Å². The van der Waals surface area contributed by atoms with Gasteiger partial charge in [-0.25, -0.2) is 0 Å². The molecule has 122 valence electrons. The Kier molecular flexibility index (Phi) is 4.50. The normalized spacial score (nSPS) is 17.7. The first-order valence-electron chi connectivity index (χ1n) is 7.67. The highest BCUT2D eigenvalue weighted by Crippen LogP contribution is 2.39. The summed E-state index contributed by atoms with van der Waals surface area (Å²) in [5.74, 6) is 1.50. The zero-order chi connectivity index (χ0) is 16.4. The summed E-state index contributed by atoms with van der Waals surface area (Å²) in [6.45, 7) is 4.04. The summed E-state index contributed by atoms with van der Waals surface area (Å²) in [6, 6.07) is 5.86. The van der Waals surface area contributed by atoms with E-state index in [1.807, 2.05) is 31.5 Å². The van der Waals surface area contributed by atoms with E-state index in [1.54, 1.807) is 14.2 Å². The number of β-amino-alcohol motifs (C(OH)–C–C–N with tert-alkyl or cyclic N) is 1. The lowest BCUT2D eigenvalue weighted by molar-refractivity contribution is 0.0842. The summed E-state index contributed by atoms with van der Waals surface area (Å²) < 4.78 is 10.9. The van der Waals surface area contributed by atoms with Crippen LogP contribution in [-0.2, 0) is 13.1 Å². The first kappa shape index (κ1) is 15.8. The van der Waals surface area contributed by atoms with Crippen LogP contribution < -0.4 is 9.47 Å². The molecule has 0 amide bonds. The third-order valence-electron chi connectivity index (χ3n) is 4.20. The number of aromatic nitrogens is 1. The number of hydrogen-bond donors (Lipinski definition) is 1.